The molecule has 0 unspecified atom stereocenters. The van der Waals surface area contributed by atoms with Crippen molar-refractivity contribution in [2.24, 2.45) is 11.8 Å². The van der Waals surface area contributed by atoms with Crippen molar-refractivity contribution >= 4 is 29.2 Å². The first-order valence-electron chi connectivity index (χ1n) is 9.64. The third kappa shape index (κ3) is 5.13. The summed E-state index contributed by atoms with van der Waals surface area (Å²) in [6, 6.07) is 14.1. The van der Waals surface area contributed by atoms with E-state index in [1.165, 1.54) is 12.1 Å². The topological polar surface area (TPSA) is 116 Å². The molecule has 2 aromatic rings. The zero-order valence-electron chi connectivity index (χ0n) is 15.9. The van der Waals surface area contributed by atoms with Gasteiger partial charge in [0.25, 0.3) is 0 Å². The van der Waals surface area contributed by atoms with E-state index >= 15 is 0 Å². The molecule has 1 amide bonds. The van der Waals surface area contributed by atoms with Gasteiger partial charge in [-0.2, -0.15) is 0 Å². The molecule has 0 heterocycles. The number of amides is 1. The minimum atomic E-state index is -1.10. The number of rotatable bonds is 7. The average Bonchev–Trinajstić information content (AvgIpc) is 2.73. The van der Waals surface area contributed by atoms with E-state index in [0.29, 0.717) is 30.8 Å². The van der Waals surface area contributed by atoms with Gasteiger partial charge < -0.3 is 20.8 Å². The second-order valence-electron chi connectivity index (χ2n) is 7.23. The summed E-state index contributed by atoms with van der Waals surface area (Å²) in [6.45, 7) is 0.497. The number of benzene rings is 2. The van der Waals surface area contributed by atoms with Gasteiger partial charge in [0, 0.05) is 6.54 Å². The summed E-state index contributed by atoms with van der Waals surface area (Å²) in [5.41, 5.74) is 1.99. The lowest BCUT2D eigenvalue weighted by Gasteiger charge is -2.27. The van der Waals surface area contributed by atoms with E-state index in [-0.39, 0.29) is 11.5 Å². The van der Waals surface area contributed by atoms with Crippen LogP contribution in [0.4, 0.5) is 11.4 Å². The Kier molecular flexibility index (Phi) is 6.49. The number of carbonyl (C=O) groups is 3. The maximum Gasteiger partial charge on any atom is 0.335 e. The highest BCUT2D eigenvalue weighted by atomic mass is 16.4. The third-order valence-electron chi connectivity index (χ3n) is 5.27. The van der Waals surface area contributed by atoms with Crippen LogP contribution < -0.4 is 10.6 Å². The number of hydrogen-bond donors (Lipinski definition) is 4. The highest BCUT2D eigenvalue weighted by Gasteiger charge is 2.36. The largest absolute Gasteiger partial charge is 0.481 e. The SMILES string of the molecule is O=C(O)c1ccc(NCc2ccccc2)c(NC(=O)[C@H]2CCCC[C@H]2C(=O)O)c1. The Hall–Kier alpha value is -3.35. The van der Waals surface area contributed by atoms with Gasteiger partial charge in [-0.05, 0) is 36.6 Å². The number of anilines is 2. The first-order valence-corrected chi connectivity index (χ1v) is 9.64. The monoisotopic (exact) mass is 396 g/mol. The maximum atomic E-state index is 12.8. The summed E-state index contributed by atoms with van der Waals surface area (Å²) in [4.78, 5) is 35.7. The first kappa shape index (κ1) is 20.4. The fraction of sp³-hybridized carbons (Fsp3) is 0.318. The lowest BCUT2D eigenvalue weighted by Crippen LogP contribution is -2.36. The maximum absolute atomic E-state index is 12.8. The normalized spacial score (nSPS) is 18.6. The van der Waals surface area contributed by atoms with Gasteiger partial charge in [0.1, 0.15) is 0 Å². The third-order valence-corrected chi connectivity index (χ3v) is 5.27. The molecule has 4 N–H and O–H groups in total. The van der Waals surface area contributed by atoms with Crippen LogP contribution in [0.2, 0.25) is 0 Å². The molecule has 0 bridgehead atoms. The van der Waals surface area contributed by atoms with E-state index in [0.717, 1.165) is 18.4 Å². The van der Waals surface area contributed by atoms with Gasteiger partial charge in [-0.1, -0.05) is 43.2 Å². The number of aromatic carboxylic acids is 1. The summed E-state index contributed by atoms with van der Waals surface area (Å²) < 4.78 is 0. The second kappa shape index (κ2) is 9.23. The summed E-state index contributed by atoms with van der Waals surface area (Å²) in [7, 11) is 0. The zero-order chi connectivity index (χ0) is 20.8. The van der Waals surface area contributed by atoms with Gasteiger partial charge in [-0.3, -0.25) is 9.59 Å². The average molecular weight is 396 g/mol. The molecular weight excluding hydrogens is 372 g/mol. The predicted octanol–water partition coefficient (Wildman–Crippen LogP) is 3.83. The van der Waals surface area contributed by atoms with Gasteiger partial charge in [0.05, 0.1) is 28.8 Å². The van der Waals surface area contributed by atoms with Crippen LogP contribution in [0, 0.1) is 11.8 Å². The Morgan fingerprint density at radius 2 is 1.59 bits per heavy atom. The Labute approximate surface area is 168 Å². The van der Waals surface area contributed by atoms with Crippen LogP contribution in [0.15, 0.2) is 48.5 Å². The molecule has 0 aromatic heterocycles. The Morgan fingerprint density at radius 1 is 0.897 bits per heavy atom. The van der Waals surface area contributed by atoms with Crippen LogP contribution in [-0.2, 0) is 16.1 Å². The van der Waals surface area contributed by atoms with E-state index in [1.807, 2.05) is 30.3 Å². The van der Waals surface area contributed by atoms with Crippen LogP contribution in [0.5, 0.6) is 0 Å². The molecule has 2 aromatic carbocycles. The Bertz CT molecular complexity index is 897. The molecule has 3 rings (SSSR count). The molecule has 1 aliphatic rings. The molecule has 0 radical (unpaired) electrons. The first-order chi connectivity index (χ1) is 14.0. The molecule has 1 saturated carbocycles. The summed E-state index contributed by atoms with van der Waals surface area (Å²) in [6.07, 6.45) is 2.57. The van der Waals surface area contributed by atoms with Crippen molar-refractivity contribution in [2.75, 3.05) is 10.6 Å². The fourth-order valence-electron chi connectivity index (χ4n) is 3.69. The van der Waals surface area contributed by atoms with Crippen molar-refractivity contribution < 1.29 is 24.6 Å². The molecule has 152 valence electrons. The number of nitrogens with one attached hydrogen (secondary N) is 2. The van der Waals surface area contributed by atoms with Crippen LogP contribution in [0.25, 0.3) is 0 Å². The van der Waals surface area contributed by atoms with Crippen molar-refractivity contribution in [3.05, 3.63) is 59.7 Å². The molecule has 0 saturated heterocycles. The molecule has 7 nitrogen and oxygen atoms in total. The molecule has 1 aliphatic carbocycles. The molecule has 0 spiro atoms. The quantitative estimate of drug-likeness (QED) is 0.565. The van der Waals surface area contributed by atoms with E-state index in [4.69, 9.17) is 0 Å². The molecule has 29 heavy (non-hydrogen) atoms. The minimum Gasteiger partial charge on any atom is -0.481 e. The van der Waals surface area contributed by atoms with Gasteiger partial charge in [0.2, 0.25) is 5.91 Å². The number of carboxylic acid groups (broad SMARTS) is 2. The van der Waals surface area contributed by atoms with E-state index < -0.39 is 23.8 Å². The van der Waals surface area contributed by atoms with Crippen LogP contribution in [0.1, 0.15) is 41.6 Å². The number of hydrogen-bond acceptors (Lipinski definition) is 4. The van der Waals surface area contributed by atoms with Crippen molar-refractivity contribution in [1.82, 2.24) is 0 Å². The van der Waals surface area contributed by atoms with Gasteiger partial charge in [0.15, 0.2) is 0 Å². The highest BCUT2D eigenvalue weighted by Crippen LogP contribution is 2.32. The number of carbonyl (C=O) groups excluding carboxylic acids is 1. The van der Waals surface area contributed by atoms with Gasteiger partial charge in [-0.25, -0.2) is 4.79 Å². The standard InChI is InChI=1S/C22H24N2O5/c25-20(16-8-4-5-9-17(16)22(28)29)24-19-12-15(21(26)27)10-11-18(19)23-13-14-6-2-1-3-7-14/h1-3,6-7,10-12,16-17,23H,4-5,8-9,13H2,(H,24,25)(H,26,27)(H,28,29)/t16-,17+/m0/s1. The summed E-state index contributed by atoms with van der Waals surface area (Å²) in [5.74, 6) is -3.80. The summed E-state index contributed by atoms with van der Waals surface area (Å²) in [5, 5.41) is 24.7. The smallest absolute Gasteiger partial charge is 0.335 e. The predicted molar refractivity (Wildman–Crippen MR) is 109 cm³/mol. The highest BCUT2D eigenvalue weighted by molar-refractivity contribution is 5.99. The van der Waals surface area contributed by atoms with E-state index in [2.05, 4.69) is 10.6 Å². The number of carboxylic acids is 2. The fourth-order valence-corrected chi connectivity index (χ4v) is 3.69. The van der Waals surface area contributed by atoms with Crippen molar-refractivity contribution in [1.29, 1.82) is 0 Å². The van der Waals surface area contributed by atoms with Crippen molar-refractivity contribution in [3.63, 3.8) is 0 Å². The van der Waals surface area contributed by atoms with Crippen LogP contribution in [0.3, 0.4) is 0 Å². The molecule has 1 fully saturated rings. The molecule has 2 atom stereocenters. The summed E-state index contributed by atoms with van der Waals surface area (Å²) >= 11 is 0. The van der Waals surface area contributed by atoms with Crippen molar-refractivity contribution in [3.8, 4) is 0 Å². The zero-order valence-corrected chi connectivity index (χ0v) is 15.9. The lowest BCUT2D eigenvalue weighted by molar-refractivity contribution is -0.147. The van der Waals surface area contributed by atoms with Crippen LogP contribution in [-0.4, -0.2) is 28.1 Å². The Morgan fingerprint density at radius 3 is 2.24 bits per heavy atom. The minimum absolute atomic E-state index is 0.0454. The van der Waals surface area contributed by atoms with Crippen LogP contribution >= 0.6 is 0 Å². The Balaban J connectivity index is 1.81. The van der Waals surface area contributed by atoms with E-state index in [1.54, 1.807) is 6.07 Å². The molecule has 0 aliphatic heterocycles. The van der Waals surface area contributed by atoms with E-state index in [9.17, 15) is 24.6 Å². The second-order valence-corrected chi connectivity index (χ2v) is 7.23. The lowest BCUT2D eigenvalue weighted by atomic mass is 9.78. The van der Waals surface area contributed by atoms with Gasteiger partial charge >= 0.3 is 11.9 Å². The molecular formula is C22H24N2O5. The number of aliphatic carboxylic acids is 1. The van der Waals surface area contributed by atoms with Gasteiger partial charge in [-0.15, -0.1) is 0 Å². The van der Waals surface area contributed by atoms with Crippen molar-refractivity contribution in [2.45, 2.75) is 32.2 Å². The molecule has 7 heteroatoms.